The van der Waals surface area contributed by atoms with Crippen LogP contribution in [0.4, 0.5) is 0 Å². The summed E-state index contributed by atoms with van der Waals surface area (Å²) in [7, 11) is 3.57. The van der Waals surface area contributed by atoms with Gasteiger partial charge in [-0.2, -0.15) is 5.06 Å². The summed E-state index contributed by atoms with van der Waals surface area (Å²) in [4.78, 5) is 14.6. The van der Waals surface area contributed by atoms with Gasteiger partial charge in [-0.3, -0.25) is 4.84 Å². The lowest BCUT2D eigenvalue weighted by molar-refractivity contribution is -0.128. The van der Waals surface area contributed by atoms with Gasteiger partial charge in [0.05, 0.1) is 6.61 Å². The van der Waals surface area contributed by atoms with Gasteiger partial charge in [-0.1, -0.05) is 0 Å². The van der Waals surface area contributed by atoms with Crippen LogP contribution in [-0.2, 0) is 9.63 Å². The average molecular weight is 117 g/mol. The number of aldehydes is 1. The summed E-state index contributed by atoms with van der Waals surface area (Å²) in [6.45, 7) is 0.483. The van der Waals surface area contributed by atoms with E-state index in [2.05, 4.69) is 0 Å². The van der Waals surface area contributed by atoms with Crippen molar-refractivity contribution in [2.45, 2.75) is 6.42 Å². The first-order valence-corrected chi connectivity index (χ1v) is 2.51. The van der Waals surface area contributed by atoms with Crippen LogP contribution in [0.25, 0.3) is 0 Å². The molecule has 0 fully saturated rings. The monoisotopic (exact) mass is 117 g/mol. The highest BCUT2D eigenvalue weighted by atomic mass is 16.7. The molecule has 0 aliphatic rings. The molecule has 0 bridgehead atoms. The Morgan fingerprint density at radius 2 is 2.25 bits per heavy atom. The van der Waals surface area contributed by atoms with Gasteiger partial charge < -0.3 is 4.79 Å². The molecule has 0 heterocycles. The van der Waals surface area contributed by atoms with Gasteiger partial charge in [0.15, 0.2) is 0 Å². The average Bonchev–Trinajstić information content (AvgIpc) is 1.66. The first-order chi connectivity index (χ1) is 3.77. The predicted octanol–water partition coefficient (Wildman–Crippen LogP) is 0.0686. The molecule has 0 rings (SSSR count). The zero-order valence-electron chi connectivity index (χ0n) is 5.26. The molecule has 0 aromatic carbocycles. The minimum Gasteiger partial charge on any atom is -0.303 e. The highest BCUT2D eigenvalue weighted by Gasteiger charge is 1.85. The second-order valence-electron chi connectivity index (χ2n) is 1.60. The zero-order valence-corrected chi connectivity index (χ0v) is 5.26. The molecule has 0 spiro atoms. The fourth-order valence-electron chi connectivity index (χ4n) is 0.283. The summed E-state index contributed by atoms with van der Waals surface area (Å²) in [5.41, 5.74) is 0. The van der Waals surface area contributed by atoms with Gasteiger partial charge in [-0.25, -0.2) is 0 Å². The van der Waals surface area contributed by atoms with E-state index in [0.717, 1.165) is 6.29 Å². The molecule has 0 N–H and O–H groups in total. The first kappa shape index (κ1) is 7.59. The molecule has 0 aliphatic heterocycles. The Bertz CT molecular complexity index is 63.4. The first-order valence-electron chi connectivity index (χ1n) is 2.51. The van der Waals surface area contributed by atoms with Crippen LogP contribution in [0.2, 0.25) is 0 Å². The van der Waals surface area contributed by atoms with Crippen LogP contribution in [-0.4, -0.2) is 32.1 Å². The molecule has 0 unspecified atom stereocenters. The molecule has 3 heteroatoms. The quantitative estimate of drug-likeness (QED) is 0.296. The van der Waals surface area contributed by atoms with E-state index in [0.29, 0.717) is 13.0 Å². The lowest BCUT2D eigenvalue weighted by atomic mass is 10.5. The highest BCUT2D eigenvalue weighted by molar-refractivity contribution is 5.49. The molecule has 0 saturated carbocycles. The number of hydrogen-bond acceptors (Lipinski definition) is 3. The number of nitrogens with zero attached hydrogens (tertiary/aromatic N) is 1. The van der Waals surface area contributed by atoms with Crippen LogP contribution < -0.4 is 0 Å². The molecule has 8 heavy (non-hydrogen) atoms. The van der Waals surface area contributed by atoms with Crippen LogP contribution >= 0.6 is 0 Å². The third kappa shape index (κ3) is 5.59. The molecular weight excluding hydrogens is 106 g/mol. The molecule has 0 radical (unpaired) electrons. The molecule has 0 saturated heterocycles. The lowest BCUT2D eigenvalue weighted by Gasteiger charge is -2.06. The smallest absolute Gasteiger partial charge is 0.122 e. The van der Waals surface area contributed by atoms with Crippen molar-refractivity contribution in [1.29, 1.82) is 0 Å². The van der Waals surface area contributed by atoms with Gasteiger partial charge in [0.1, 0.15) is 6.29 Å². The largest absolute Gasteiger partial charge is 0.303 e. The van der Waals surface area contributed by atoms with Gasteiger partial charge >= 0.3 is 0 Å². The topological polar surface area (TPSA) is 29.5 Å². The van der Waals surface area contributed by atoms with E-state index in [1.165, 1.54) is 0 Å². The SMILES string of the molecule is CN(C)OCCC=O. The van der Waals surface area contributed by atoms with Gasteiger partial charge in [0.25, 0.3) is 0 Å². The Hall–Kier alpha value is -0.410. The Morgan fingerprint density at radius 1 is 1.62 bits per heavy atom. The van der Waals surface area contributed by atoms with Crippen molar-refractivity contribution in [2.24, 2.45) is 0 Å². The van der Waals surface area contributed by atoms with Gasteiger partial charge in [0.2, 0.25) is 0 Å². The third-order valence-electron chi connectivity index (χ3n) is 0.585. The van der Waals surface area contributed by atoms with Gasteiger partial charge in [-0.05, 0) is 0 Å². The van der Waals surface area contributed by atoms with Crippen LogP contribution in [0.5, 0.6) is 0 Å². The summed E-state index contributed by atoms with van der Waals surface area (Å²) < 4.78 is 0. The number of rotatable bonds is 4. The van der Waals surface area contributed by atoms with E-state index in [1.807, 2.05) is 0 Å². The van der Waals surface area contributed by atoms with Crippen LogP contribution in [0, 0.1) is 0 Å². The maximum absolute atomic E-state index is 9.69. The van der Waals surface area contributed by atoms with E-state index in [-0.39, 0.29) is 0 Å². The fraction of sp³-hybridized carbons (Fsp3) is 0.800. The van der Waals surface area contributed by atoms with Crippen molar-refractivity contribution >= 4 is 6.29 Å². The van der Waals surface area contributed by atoms with Crippen molar-refractivity contribution in [3.05, 3.63) is 0 Å². The van der Waals surface area contributed by atoms with Crippen molar-refractivity contribution in [2.75, 3.05) is 20.7 Å². The summed E-state index contributed by atoms with van der Waals surface area (Å²) in [6.07, 6.45) is 1.31. The summed E-state index contributed by atoms with van der Waals surface area (Å²) >= 11 is 0. The maximum Gasteiger partial charge on any atom is 0.122 e. The molecule has 0 amide bonds. The third-order valence-corrected chi connectivity index (χ3v) is 0.585. The van der Waals surface area contributed by atoms with E-state index >= 15 is 0 Å². The number of hydroxylamine groups is 2. The standard InChI is InChI=1S/C5H11NO2/c1-6(2)8-5-3-4-7/h4H,3,5H2,1-2H3. The normalized spacial score (nSPS) is 9.88. The lowest BCUT2D eigenvalue weighted by Crippen LogP contribution is -2.13. The molecule has 48 valence electrons. The van der Waals surface area contributed by atoms with E-state index in [1.54, 1.807) is 19.2 Å². The minimum absolute atomic E-state index is 0.470. The van der Waals surface area contributed by atoms with Crippen molar-refractivity contribution in [1.82, 2.24) is 5.06 Å². The second kappa shape index (κ2) is 4.74. The van der Waals surface area contributed by atoms with Gasteiger partial charge in [0, 0.05) is 20.5 Å². The number of carbonyl (C=O) groups is 1. The molecule has 0 aromatic rings. The van der Waals surface area contributed by atoms with Crippen molar-refractivity contribution in [3.63, 3.8) is 0 Å². The Labute approximate surface area is 49.2 Å². The van der Waals surface area contributed by atoms with Crippen molar-refractivity contribution < 1.29 is 9.63 Å². The Balaban J connectivity index is 2.81. The highest BCUT2D eigenvalue weighted by Crippen LogP contribution is 1.79. The Morgan fingerprint density at radius 3 is 2.62 bits per heavy atom. The maximum atomic E-state index is 9.69. The summed E-state index contributed by atoms with van der Waals surface area (Å²) in [5.74, 6) is 0. The fourth-order valence-corrected chi connectivity index (χ4v) is 0.283. The van der Waals surface area contributed by atoms with Crippen LogP contribution in [0.3, 0.4) is 0 Å². The summed E-state index contributed by atoms with van der Waals surface area (Å²) in [6, 6.07) is 0. The van der Waals surface area contributed by atoms with Crippen LogP contribution in [0.15, 0.2) is 0 Å². The molecule has 0 aromatic heterocycles. The van der Waals surface area contributed by atoms with Crippen molar-refractivity contribution in [3.8, 4) is 0 Å². The van der Waals surface area contributed by atoms with Crippen LogP contribution in [0.1, 0.15) is 6.42 Å². The van der Waals surface area contributed by atoms with Gasteiger partial charge in [-0.15, -0.1) is 0 Å². The minimum atomic E-state index is 0.470. The number of carbonyl (C=O) groups excluding carboxylic acids is 1. The number of hydrogen-bond donors (Lipinski definition) is 0. The zero-order chi connectivity index (χ0) is 6.41. The Kier molecular flexibility index (Phi) is 4.50. The summed E-state index contributed by atoms with van der Waals surface area (Å²) in [5, 5.41) is 1.57. The molecule has 0 aliphatic carbocycles. The van der Waals surface area contributed by atoms with E-state index in [4.69, 9.17) is 4.84 Å². The molecule has 0 atom stereocenters. The molecule has 3 nitrogen and oxygen atoms in total. The van der Waals surface area contributed by atoms with E-state index in [9.17, 15) is 4.79 Å². The predicted molar refractivity (Wildman–Crippen MR) is 30.3 cm³/mol. The van der Waals surface area contributed by atoms with E-state index < -0.39 is 0 Å². The molecular formula is C5H11NO2. The second-order valence-corrected chi connectivity index (χ2v) is 1.60.